The van der Waals surface area contributed by atoms with E-state index in [1.807, 2.05) is 43.1 Å². The normalized spacial score (nSPS) is 17.8. The maximum atomic E-state index is 12.0. The van der Waals surface area contributed by atoms with Crippen molar-refractivity contribution in [3.05, 3.63) is 29.8 Å². The number of benzene rings is 1. The third-order valence-corrected chi connectivity index (χ3v) is 3.89. The number of ether oxygens (including phenoxy) is 1. The monoisotopic (exact) mass is 277 g/mol. The molecule has 1 N–H and O–H groups in total. The Morgan fingerprint density at radius 3 is 2.65 bits per heavy atom. The molecule has 1 fully saturated rings. The first kappa shape index (κ1) is 15.0. The van der Waals surface area contributed by atoms with Crippen LogP contribution in [0.3, 0.4) is 0 Å². The molecule has 0 saturated carbocycles. The lowest BCUT2D eigenvalue weighted by molar-refractivity contribution is -0.0572. The molecule has 0 atom stereocenters. The van der Waals surface area contributed by atoms with Crippen LogP contribution in [0.25, 0.3) is 0 Å². The number of carbonyl (C=O) groups excluding carboxylic acids is 1. The van der Waals surface area contributed by atoms with Crippen LogP contribution in [-0.2, 0) is 4.74 Å². The molecule has 4 heteroatoms. The molecule has 20 heavy (non-hydrogen) atoms. The fraction of sp³-hybridized carbons (Fsp3) is 0.562. The zero-order valence-electron chi connectivity index (χ0n) is 12.3. The van der Waals surface area contributed by atoms with Crippen molar-refractivity contribution in [1.82, 2.24) is 0 Å². The molecule has 0 amide bonds. The van der Waals surface area contributed by atoms with E-state index in [0.29, 0.717) is 39.0 Å². The van der Waals surface area contributed by atoms with Crippen LogP contribution in [0.4, 0.5) is 5.69 Å². The number of hydrogen-bond donors (Lipinski definition) is 1. The van der Waals surface area contributed by atoms with Crippen molar-refractivity contribution in [1.29, 1.82) is 0 Å². The van der Waals surface area contributed by atoms with E-state index >= 15 is 0 Å². The van der Waals surface area contributed by atoms with E-state index in [0.717, 1.165) is 11.3 Å². The third-order valence-electron chi connectivity index (χ3n) is 3.89. The quantitative estimate of drug-likeness (QED) is 0.839. The molecule has 0 unspecified atom stereocenters. The molecule has 1 heterocycles. The highest BCUT2D eigenvalue weighted by Crippen LogP contribution is 2.26. The Bertz CT molecular complexity index is 467. The standard InChI is InChI=1S/C16H23NO3/c1-3-15(18)13-6-4-5-7-14(13)17(2)12-16(19)8-10-20-11-9-16/h4-7,19H,3,8-12H2,1-2H3. The van der Waals surface area contributed by atoms with Crippen LogP contribution < -0.4 is 4.90 Å². The Labute approximate surface area is 120 Å². The van der Waals surface area contributed by atoms with Crippen molar-refractivity contribution in [2.75, 3.05) is 31.7 Å². The van der Waals surface area contributed by atoms with E-state index in [1.165, 1.54) is 0 Å². The number of rotatable bonds is 5. The van der Waals surface area contributed by atoms with Crippen LogP contribution in [0.5, 0.6) is 0 Å². The molecule has 4 nitrogen and oxygen atoms in total. The summed E-state index contributed by atoms with van der Waals surface area (Å²) in [6.07, 6.45) is 1.77. The first-order chi connectivity index (χ1) is 9.56. The molecule has 1 aliphatic heterocycles. The topological polar surface area (TPSA) is 49.8 Å². The van der Waals surface area contributed by atoms with Gasteiger partial charge in [0.15, 0.2) is 5.78 Å². The summed E-state index contributed by atoms with van der Waals surface area (Å²) in [5.74, 6) is 0.131. The molecule has 110 valence electrons. The molecule has 1 saturated heterocycles. The number of hydrogen-bond acceptors (Lipinski definition) is 4. The van der Waals surface area contributed by atoms with Gasteiger partial charge in [-0.1, -0.05) is 19.1 Å². The van der Waals surface area contributed by atoms with E-state index in [1.54, 1.807) is 0 Å². The molecule has 0 aliphatic carbocycles. The summed E-state index contributed by atoms with van der Waals surface area (Å²) in [6.45, 7) is 3.58. The summed E-state index contributed by atoms with van der Waals surface area (Å²) in [5, 5.41) is 10.6. The van der Waals surface area contributed by atoms with Gasteiger partial charge < -0.3 is 14.7 Å². The van der Waals surface area contributed by atoms with Crippen molar-refractivity contribution >= 4 is 11.5 Å². The van der Waals surface area contributed by atoms with Gasteiger partial charge in [0.05, 0.1) is 5.60 Å². The Morgan fingerprint density at radius 2 is 2.00 bits per heavy atom. The summed E-state index contributed by atoms with van der Waals surface area (Å²) in [4.78, 5) is 14.0. The number of Topliss-reactive ketones (excluding diaryl/α,β-unsaturated/α-hetero) is 1. The van der Waals surface area contributed by atoms with Crippen LogP contribution in [0.2, 0.25) is 0 Å². The molecule has 2 rings (SSSR count). The Kier molecular flexibility index (Phi) is 4.78. The predicted molar refractivity (Wildman–Crippen MR) is 79.3 cm³/mol. The van der Waals surface area contributed by atoms with Crippen LogP contribution in [0, 0.1) is 0 Å². The van der Waals surface area contributed by atoms with Crippen LogP contribution in [0.1, 0.15) is 36.5 Å². The zero-order valence-corrected chi connectivity index (χ0v) is 12.3. The number of likely N-dealkylation sites (N-methyl/N-ethyl adjacent to an activating group) is 1. The van der Waals surface area contributed by atoms with Crippen molar-refractivity contribution in [3.8, 4) is 0 Å². The molecular weight excluding hydrogens is 254 g/mol. The average molecular weight is 277 g/mol. The Morgan fingerprint density at radius 1 is 1.35 bits per heavy atom. The maximum absolute atomic E-state index is 12.0. The number of carbonyl (C=O) groups is 1. The summed E-state index contributed by atoms with van der Waals surface area (Å²) >= 11 is 0. The molecule has 1 aromatic carbocycles. The van der Waals surface area contributed by atoms with E-state index in [2.05, 4.69) is 0 Å². The van der Waals surface area contributed by atoms with Gasteiger partial charge in [0.25, 0.3) is 0 Å². The number of nitrogens with zero attached hydrogens (tertiary/aromatic N) is 1. The van der Waals surface area contributed by atoms with Gasteiger partial charge in [0.2, 0.25) is 0 Å². The lowest BCUT2D eigenvalue weighted by Gasteiger charge is -2.36. The smallest absolute Gasteiger partial charge is 0.164 e. The predicted octanol–water partition coefficient (Wildman–Crippen LogP) is 2.26. The van der Waals surface area contributed by atoms with Gasteiger partial charge in [-0.05, 0) is 12.1 Å². The van der Waals surface area contributed by atoms with Crippen molar-refractivity contribution in [2.45, 2.75) is 31.8 Å². The van der Waals surface area contributed by atoms with Crippen LogP contribution in [-0.4, -0.2) is 43.3 Å². The molecule has 1 aliphatic rings. The van der Waals surface area contributed by atoms with Gasteiger partial charge in [-0.3, -0.25) is 4.79 Å². The van der Waals surface area contributed by atoms with E-state index in [-0.39, 0.29) is 5.78 Å². The third kappa shape index (κ3) is 3.38. The van der Waals surface area contributed by atoms with E-state index < -0.39 is 5.60 Å². The zero-order chi connectivity index (χ0) is 14.6. The Balaban J connectivity index is 2.16. The van der Waals surface area contributed by atoms with Crippen molar-refractivity contribution < 1.29 is 14.6 Å². The summed E-state index contributed by atoms with van der Waals surface area (Å²) < 4.78 is 5.30. The number of ketones is 1. The molecule has 0 bridgehead atoms. The van der Waals surface area contributed by atoms with Gasteiger partial charge in [0.1, 0.15) is 0 Å². The van der Waals surface area contributed by atoms with E-state index in [4.69, 9.17) is 4.74 Å². The molecule has 0 spiro atoms. The minimum Gasteiger partial charge on any atom is -0.388 e. The molecule has 0 radical (unpaired) electrons. The second-order valence-corrected chi connectivity index (χ2v) is 5.49. The highest BCUT2D eigenvalue weighted by molar-refractivity contribution is 6.01. The second kappa shape index (κ2) is 6.37. The van der Waals surface area contributed by atoms with Gasteiger partial charge in [-0.2, -0.15) is 0 Å². The van der Waals surface area contributed by atoms with Gasteiger partial charge >= 0.3 is 0 Å². The average Bonchev–Trinajstić information content (AvgIpc) is 2.46. The van der Waals surface area contributed by atoms with Crippen LogP contribution >= 0.6 is 0 Å². The molecular formula is C16H23NO3. The maximum Gasteiger partial charge on any atom is 0.164 e. The lowest BCUT2D eigenvalue weighted by atomic mass is 9.93. The summed E-state index contributed by atoms with van der Waals surface area (Å²) in [5.41, 5.74) is 0.891. The SMILES string of the molecule is CCC(=O)c1ccccc1N(C)CC1(O)CCOCC1. The summed E-state index contributed by atoms with van der Waals surface area (Å²) in [7, 11) is 1.93. The van der Waals surface area contributed by atoms with Gasteiger partial charge in [-0.25, -0.2) is 0 Å². The first-order valence-electron chi connectivity index (χ1n) is 7.19. The number of para-hydroxylation sites is 1. The minimum atomic E-state index is -0.727. The Hall–Kier alpha value is -1.39. The molecule has 0 aromatic heterocycles. The summed E-state index contributed by atoms with van der Waals surface area (Å²) in [6, 6.07) is 7.59. The number of anilines is 1. The largest absolute Gasteiger partial charge is 0.388 e. The van der Waals surface area contributed by atoms with E-state index in [9.17, 15) is 9.90 Å². The highest BCUT2D eigenvalue weighted by Gasteiger charge is 2.31. The number of aliphatic hydroxyl groups is 1. The molecule has 1 aromatic rings. The highest BCUT2D eigenvalue weighted by atomic mass is 16.5. The van der Waals surface area contributed by atoms with Crippen molar-refractivity contribution in [3.63, 3.8) is 0 Å². The van der Waals surface area contributed by atoms with Crippen LogP contribution in [0.15, 0.2) is 24.3 Å². The fourth-order valence-electron chi connectivity index (χ4n) is 2.67. The first-order valence-corrected chi connectivity index (χ1v) is 7.19. The van der Waals surface area contributed by atoms with Gasteiger partial charge in [-0.15, -0.1) is 0 Å². The van der Waals surface area contributed by atoms with Gasteiger partial charge in [0, 0.05) is 57.3 Å². The minimum absolute atomic E-state index is 0.131. The fourth-order valence-corrected chi connectivity index (χ4v) is 2.67. The second-order valence-electron chi connectivity index (χ2n) is 5.49. The van der Waals surface area contributed by atoms with Crippen molar-refractivity contribution in [2.24, 2.45) is 0 Å². The lowest BCUT2D eigenvalue weighted by Crippen LogP contribution is -2.46.